The summed E-state index contributed by atoms with van der Waals surface area (Å²) >= 11 is 2.23. The third-order valence-corrected chi connectivity index (χ3v) is 4.24. The van der Waals surface area contributed by atoms with Crippen molar-refractivity contribution >= 4 is 22.6 Å². The Morgan fingerprint density at radius 1 is 1.05 bits per heavy atom. The van der Waals surface area contributed by atoms with Gasteiger partial charge in [0.2, 0.25) is 5.88 Å². The van der Waals surface area contributed by atoms with Crippen LogP contribution in [-0.2, 0) is 0 Å². The topological polar surface area (TPSA) is 47.3 Å². The van der Waals surface area contributed by atoms with Gasteiger partial charge in [0.25, 0.3) is 0 Å². The molecule has 0 unspecified atom stereocenters. The summed E-state index contributed by atoms with van der Waals surface area (Å²) in [5.74, 6) is 1.54. The van der Waals surface area contributed by atoms with Crippen LogP contribution in [0, 0.1) is 10.5 Å². The molecule has 21 heavy (non-hydrogen) atoms. The number of halogens is 1. The van der Waals surface area contributed by atoms with Crippen LogP contribution < -0.4 is 4.74 Å². The number of aryl methyl sites for hydroxylation is 1. The standard InChI is InChI=1S/C16H13IN2O2/c1-11-15(17)16(21-14-9-7-13(20)8-10-14)19(18-11)12-5-3-2-4-6-12/h2-10,20H,1H3. The maximum absolute atomic E-state index is 9.34. The maximum Gasteiger partial charge on any atom is 0.236 e. The minimum absolute atomic E-state index is 0.213. The van der Waals surface area contributed by atoms with Gasteiger partial charge in [0, 0.05) is 0 Å². The molecule has 0 amide bonds. The smallest absolute Gasteiger partial charge is 0.236 e. The van der Waals surface area contributed by atoms with Gasteiger partial charge in [-0.2, -0.15) is 9.78 Å². The Balaban J connectivity index is 2.03. The van der Waals surface area contributed by atoms with E-state index in [9.17, 15) is 5.11 Å². The van der Waals surface area contributed by atoms with Gasteiger partial charge in [0.1, 0.15) is 11.5 Å². The highest BCUT2D eigenvalue weighted by atomic mass is 127. The zero-order valence-corrected chi connectivity index (χ0v) is 13.5. The van der Waals surface area contributed by atoms with E-state index < -0.39 is 0 Å². The van der Waals surface area contributed by atoms with Crippen molar-refractivity contribution in [3.8, 4) is 23.1 Å². The summed E-state index contributed by atoms with van der Waals surface area (Å²) in [6.07, 6.45) is 0. The fraction of sp³-hybridized carbons (Fsp3) is 0.0625. The number of hydrogen-bond donors (Lipinski definition) is 1. The first-order chi connectivity index (χ1) is 10.1. The van der Waals surface area contributed by atoms with Gasteiger partial charge in [-0.3, -0.25) is 0 Å². The van der Waals surface area contributed by atoms with Crippen LogP contribution in [0.1, 0.15) is 5.69 Å². The molecular weight excluding hydrogens is 379 g/mol. The van der Waals surface area contributed by atoms with Crippen LogP contribution >= 0.6 is 22.6 Å². The highest BCUT2D eigenvalue weighted by molar-refractivity contribution is 14.1. The lowest BCUT2D eigenvalue weighted by Crippen LogP contribution is -1.99. The van der Waals surface area contributed by atoms with Gasteiger partial charge in [-0.15, -0.1) is 0 Å². The molecule has 0 fully saturated rings. The Bertz CT molecular complexity index is 752. The summed E-state index contributed by atoms with van der Waals surface area (Å²) in [5.41, 5.74) is 1.85. The fourth-order valence-electron chi connectivity index (χ4n) is 1.95. The molecule has 0 aliphatic carbocycles. The lowest BCUT2D eigenvalue weighted by Gasteiger charge is -2.09. The monoisotopic (exact) mass is 392 g/mol. The molecule has 0 saturated heterocycles. The number of aromatic hydroxyl groups is 1. The second kappa shape index (κ2) is 5.77. The predicted octanol–water partition coefficient (Wildman–Crippen LogP) is 4.28. The number of para-hydroxylation sites is 1. The Morgan fingerprint density at radius 2 is 1.71 bits per heavy atom. The van der Waals surface area contributed by atoms with Crippen molar-refractivity contribution in [2.45, 2.75) is 6.92 Å². The normalized spacial score (nSPS) is 10.6. The number of phenolic OH excluding ortho intramolecular Hbond substituents is 1. The number of nitrogens with zero attached hydrogens (tertiary/aromatic N) is 2. The van der Waals surface area contributed by atoms with Gasteiger partial charge in [0.15, 0.2) is 0 Å². The molecule has 0 bridgehead atoms. The lowest BCUT2D eigenvalue weighted by atomic mass is 10.3. The number of ether oxygens (including phenoxy) is 1. The van der Waals surface area contributed by atoms with Crippen molar-refractivity contribution in [1.29, 1.82) is 0 Å². The molecule has 1 aromatic heterocycles. The first kappa shape index (κ1) is 13.9. The first-order valence-corrected chi connectivity index (χ1v) is 7.50. The summed E-state index contributed by atoms with van der Waals surface area (Å²) in [6, 6.07) is 16.5. The predicted molar refractivity (Wildman–Crippen MR) is 89.2 cm³/mol. The second-order valence-corrected chi connectivity index (χ2v) is 5.63. The average Bonchev–Trinajstić information content (AvgIpc) is 2.79. The van der Waals surface area contributed by atoms with Crippen LogP contribution in [0.3, 0.4) is 0 Å². The molecule has 0 radical (unpaired) electrons. The molecule has 0 aliphatic rings. The van der Waals surface area contributed by atoms with Crippen LogP contribution in [0.25, 0.3) is 5.69 Å². The molecule has 0 atom stereocenters. The van der Waals surface area contributed by atoms with E-state index in [1.165, 1.54) is 0 Å². The van der Waals surface area contributed by atoms with E-state index in [0.717, 1.165) is 15.0 Å². The summed E-state index contributed by atoms with van der Waals surface area (Å²) in [7, 11) is 0. The van der Waals surface area contributed by atoms with Crippen molar-refractivity contribution in [2.24, 2.45) is 0 Å². The maximum atomic E-state index is 9.34. The average molecular weight is 392 g/mol. The van der Waals surface area contributed by atoms with Gasteiger partial charge < -0.3 is 9.84 Å². The van der Waals surface area contributed by atoms with Gasteiger partial charge >= 0.3 is 0 Å². The molecule has 2 aromatic carbocycles. The van der Waals surface area contributed by atoms with Gasteiger partial charge in [-0.1, -0.05) is 18.2 Å². The fourth-order valence-corrected chi connectivity index (χ4v) is 2.39. The number of benzene rings is 2. The number of rotatable bonds is 3. The Labute approximate surface area is 136 Å². The zero-order chi connectivity index (χ0) is 14.8. The van der Waals surface area contributed by atoms with Gasteiger partial charge in [-0.05, 0) is 65.9 Å². The molecule has 0 spiro atoms. The first-order valence-electron chi connectivity index (χ1n) is 6.42. The number of phenols is 1. The van der Waals surface area contributed by atoms with Crippen LogP contribution in [0.5, 0.6) is 17.4 Å². The van der Waals surface area contributed by atoms with Crippen molar-refractivity contribution in [1.82, 2.24) is 9.78 Å². The molecule has 3 aromatic rings. The van der Waals surface area contributed by atoms with E-state index >= 15 is 0 Å². The summed E-state index contributed by atoms with van der Waals surface area (Å²) in [5, 5.41) is 13.9. The van der Waals surface area contributed by atoms with Crippen LogP contribution in [0.4, 0.5) is 0 Å². The highest BCUT2D eigenvalue weighted by Crippen LogP contribution is 2.31. The molecule has 4 nitrogen and oxygen atoms in total. The van der Waals surface area contributed by atoms with Crippen molar-refractivity contribution in [3.05, 3.63) is 63.9 Å². The highest BCUT2D eigenvalue weighted by Gasteiger charge is 2.16. The van der Waals surface area contributed by atoms with Crippen molar-refractivity contribution in [3.63, 3.8) is 0 Å². The second-order valence-electron chi connectivity index (χ2n) is 4.55. The molecule has 0 aliphatic heterocycles. The van der Waals surface area contributed by atoms with Gasteiger partial charge in [0.05, 0.1) is 15.0 Å². The van der Waals surface area contributed by atoms with E-state index in [4.69, 9.17) is 4.74 Å². The SMILES string of the molecule is Cc1nn(-c2ccccc2)c(Oc2ccc(O)cc2)c1I. The lowest BCUT2D eigenvalue weighted by molar-refractivity contribution is 0.437. The largest absolute Gasteiger partial charge is 0.508 e. The van der Waals surface area contributed by atoms with Crippen molar-refractivity contribution in [2.75, 3.05) is 0 Å². The Morgan fingerprint density at radius 3 is 2.38 bits per heavy atom. The van der Waals surface area contributed by atoms with E-state index in [0.29, 0.717) is 11.6 Å². The quantitative estimate of drug-likeness (QED) is 0.677. The molecule has 0 saturated carbocycles. The number of hydrogen-bond acceptors (Lipinski definition) is 3. The molecular formula is C16H13IN2O2. The zero-order valence-electron chi connectivity index (χ0n) is 11.3. The minimum atomic E-state index is 0.213. The third-order valence-electron chi connectivity index (χ3n) is 3.00. The van der Waals surface area contributed by atoms with Crippen LogP contribution in [0.2, 0.25) is 0 Å². The van der Waals surface area contributed by atoms with Gasteiger partial charge in [-0.25, -0.2) is 0 Å². The molecule has 1 heterocycles. The minimum Gasteiger partial charge on any atom is -0.508 e. The Kier molecular flexibility index (Phi) is 3.83. The van der Waals surface area contributed by atoms with E-state index in [-0.39, 0.29) is 5.75 Å². The molecule has 5 heteroatoms. The van der Waals surface area contributed by atoms with E-state index in [2.05, 4.69) is 27.7 Å². The van der Waals surface area contributed by atoms with E-state index in [1.54, 1.807) is 28.9 Å². The molecule has 1 N–H and O–H groups in total. The summed E-state index contributed by atoms with van der Waals surface area (Å²) in [6.45, 7) is 1.95. The Hall–Kier alpha value is -2.02. The van der Waals surface area contributed by atoms with Crippen LogP contribution in [-0.4, -0.2) is 14.9 Å². The number of aromatic nitrogens is 2. The summed E-state index contributed by atoms with van der Waals surface area (Å²) < 4.78 is 8.70. The van der Waals surface area contributed by atoms with E-state index in [1.807, 2.05) is 37.3 Å². The molecule has 106 valence electrons. The summed E-state index contributed by atoms with van der Waals surface area (Å²) in [4.78, 5) is 0. The van der Waals surface area contributed by atoms with Crippen LogP contribution in [0.15, 0.2) is 54.6 Å². The molecule has 3 rings (SSSR count). The third kappa shape index (κ3) is 2.87. The van der Waals surface area contributed by atoms with Crippen molar-refractivity contribution < 1.29 is 9.84 Å².